The maximum Gasteiger partial charge on any atom is 0.407 e. The summed E-state index contributed by atoms with van der Waals surface area (Å²) in [4.78, 5) is 19.6. The second-order valence-electron chi connectivity index (χ2n) is 7.25. The van der Waals surface area contributed by atoms with Crippen LogP contribution >= 0.6 is 0 Å². The van der Waals surface area contributed by atoms with E-state index in [4.69, 9.17) is 4.74 Å². The van der Waals surface area contributed by atoms with Crippen molar-refractivity contribution in [1.29, 1.82) is 0 Å². The molecule has 1 amide bonds. The standard InChI is InChI=1S/C25H21N3O2/c29-25(28-13-5-6-17-11-14-26-24-18(17)12-15-27-24)30-16-23-21-9-3-1-7-19(21)20-8-2-4-10-22(20)23/h1-12,14-15,23H,13,16H2,(H,26,27)(H,28,29). The zero-order chi connectivity index (χ0) is 20.3. The number of carbonyl (C=O) groups is 1. The summed E-state index contributed by atoms with van der Waals surface area (Å²) in [7, 11) is 0. The second-order valence-corrected chi connectivity index (χ2v) is 7.25. The molecule has 30 heavy (non-hydrogen) atoms. The number of hydrogen-bond donors (Lipinski definition) is 2. The Balaban J connectivity index is 1.20. The van der Waals surface area contributed by atoms with Gasteiger partial charge in [-0.15, -0.1) is 0 Å². The first kappa shape index (κ1) is 18.2. The molecule has 148 valence electrons. The van der Waals surface area contributed by atoms with Gasteiger partial charge in [0.2, 0.25) is 0 Å². The third kappa shape index (κ3) is 3.35. The Morgan fingerprint density at radius 2 is 1.77 bits per heavy atom. The Morgan fingerprint density at radius 3 is 2.53 bits per heavy atom. The molecule has 2 heterocycles. The number of carbonyl (C=O) groups excluding carboxylic acids is 1. The molecule has 1 aliphatic carbocycles. The first-order valence-electron chi connectivity index (χ1n) is 9.99. The van der Waals surface area contributed by atoms with Gasteiger partial charge in [0.05, 0.1) is 0 Å². The van der Waals surface area contributed by atoms with Crippen LogP contribution in [0, 0.1) is 0 Å². The molecule has 0 unspecified atom stereocenters. The number of rotatable bonds is 5. The third-order valence-electron chi connectivity index (χ3n) is 5.50. The molecule has 4 aromatic rings. The van der Waals surface area contributed by atoms with Crippen molar-refractivity contribution in [2.24, 2.45) is 0 Å². The van der Waals surface area contributed by atoms with E-state index in [9.17, 15) is 4.79 Å². The van der Waals surface area contributed by atoms with Crippen LogP contribution in [-0.2, 0) is 4.74 Å². The average molecular weight is 395 g/mol. The van der Waals surface area contributed by atoms with Crippen molar-refractivity contribution in [2.75, 3.05) is 13.2 Å². The van der Waals surface area contributed by atoms with E-state index in [-0.39, 0.29) is 5.92 Å². The highest BCUT2D eigenvalue weighted by molar-refractivity contribution is 5.85. The summed E-state index contributed by atoms with van der Waals surface area (Å²) in [6, 6.07) is 20.6. The SMILES string of the molecule is O=C(NCC=Cc1ccnc2[nH]ccc12)OCC1c2ccccc2-c2ccccc21. The number of H-pyrrole nitrogens is 1. The maximum atomic E-state index is 12.2. The molecule has 0 bridgehead atoms. The topological polar surface area (TPSA) is 67.0 Å². The molecule has 0 aliphatic heterocycles. The van der Waals surface area contributed by atoms with Gasteiger partial charge in [-0.05, 0) is 39.9 Å². The largest absolute Gasteiger partial charge is 0.449 e. The molecule has 2 aromatic heterocycles. The summed E-state index contributed by atoms with van der Waals surface area (Å²) in [6.07, 6.45) is 7.09. The Morgan fingerprint density at radius 1 is 1.03 bits per heavy atom. The zero-order valence-corrected chi connectivity index (χ0v) is 16.3. The molecule has 0 saturated heterocycles. The molecule has 0 spiro atoms. The van der Waals surface area contributed by atoms with Crippen molar-refractivity contribution in [3.8, 4) is 11.1 Å². The predicted octanol–water partition coefficient (Wildman–Crippen LogP) is 5.11. The van der Waals surface area contributed by atoms with E-state index < -0.39 is 6.09 Å². The molecule has 5 heteroatoms. The molecule has 0 atom stereocenters. The lowest BCUT2D eigenvalue weighted by Crippen LogP contribution is -2.26. The fourth-order valence-electron chi connectivity index (χ4n) is 4.11. The Kier molecular flexibility index (Phi) is 4.77. The molecule has 0 saturated carbocycles. The van der Waals surface area contributed by atoms with Crippen LogP contribution in [0.1, 0.15) is 22.6 Å². The van der Waals surface area contributed by atoms with Crippen LogP contribution in [0.25, 0.3) is 28.2 Å². The first-order chi connectivity index (χ1) is 14.8. The molecular weight excluding hydrogens is 374 g/mol. The average Bonchev–Trinajstić information content (AvgIpc) is 3.39. The minimum Gasteiger partial charge on any atom is -0.449 e. The molecule has 5 rings (SSSR count). The van der Waals surface area contributed by atoms with Crippen LogP contribution in [0.4, 0.5) is 4.79 Å². The lowest BCUT2D eigenvalue weighted by molar-refractivity contribution is 0.144. The van der Waals surface area contributed by atoms with Gasteiger partial charge in [-0.3, -0.25) is 0 Å². The lowest BCUT2D eigenvalue weighted by Gasteiger charge is -2.14. The van der Waals surface area contributed by atoms with E-state index >= 15 is 0 Å². The molecular formula is C25H21N3O2. The van der Waals surface area contributed by atoms with Crippen molar-refractivity contribution in [2.45, 2.75) is 5.92 Å². The highest BCUT2D eigenvalue weighted by atomic mass is 16.5. The monoisotopic (exact) mass is 395 g/mol. The minimum atomic E-state index is -0.414. The first-order valence-corrected chi connectivity index (χ1v) is 9.99. The quantitative estimate of drug-likeness (QED) is 0.493. The molecule has 0 radical (unpaired) electrons. The summed E-state index contributed by atoms with van der Waals surface area (Å²) < 4.78 is 5.55. The van der Waals surface area contributed by atoms with Crippen LogP contribution < -0.4 is 5.32 Å². The summed E-state index contributed by atoms with van der Waals surface area (Å²) in [6.45, 7) is 0.711. The molecule has 2 N–H and O–H groups in total. The predicted molar refractivity (Wildman–Crippen MR) is 118 cm³/mol. The second kappa shape index (κ2) is 7.87. The normalized spacial score (nSPS) is 12.8. The van der Waals surface area contributed by atoms with Gasteiger partial charge in [-0.25, -0.2) is 9.78 Å². The number of aromatic nitrogens is 2. The van der Waals surface area contributed by atoms with Crippen molar-refractivity contribution < 1.29 is 9.53 Å². The highest BCUT2D eigenvalue weighted by Crippen LogP contribution is 2.44. The fraction of sp³-hybridized carbons (Fsp3) is 0.120. The summed E-state index contributed by atoms with van der Waals surface area (Å²) in [5.74, 6) is 0.0670. The number of fused-ring (bicyclic) bond motifs is 4. The van der Waals surface area contributed by atoms with Crippen molar-refractivity contribution >= 4 is 23.2 Å². The molecule has 1 aliphatic rings. The van der Waals surface area contributed by atoms with Crippen LogP contribution in [-0.4, -0.2) is 29.2 Å². The van der Waals surface area contributed by atoms with Crippen molar-refractivity contribution in [3.63, 3.8) is 0 Å². The number of aromatic amines is 1. The van der Waals surface area contributed by atoms with Crippen LogP contribution in [0.15, 0.2) is 79.1 Å². The highest BCUT2D eigenvalue weighted by Gasteiger charge is 2.28. The number of hydrogen-bond acceptors (Lipinski definition) is 3. The van der Waals surface area contributed by atoms with Gasteiger partial charge in [0.15, 0.2) is 0 Å². The molecule has 0 fully saturated rings. The van der Waals surface area contributed by atoms with Crippen molar-refractivity contribution in [3.05, 3.63) is 95.8 Å². The van der Waals surface area contributed by atoms with E-state index in [1.165, 1.54) is 22.3 Å². The summed E-state index contributed by atoms with van der Waals surface area (Å²) in [5, 5.41) is 3.85. The van der Waals surface area contributed by atoms with Crippen LogP contribution in [0.5, 0.6) is 0 Å². The smallest absolute Gasteiger partial charge is 0.407 e. The molecule has 2 aromatic carbocycles. The summed E-state index contributed by atoms with van der Waals surface area (Å²) >= 11 is 0. The van der Waals surface area contributed by atoms with E-state index in [0.717, 1.165) is 16.6 Å². The van der Waals surface area contributed by atoms with Crippen LogP contribution in [0.2, 0.25) is 0 Å². The van der Waals surface area contributed by atoms with Gasteiger partial charge in [-0.1, -0.05) is 60.7 Å². The van der Waals surface area contributed by atoms with E-state index in [1.807, 2.05) is 54.7 Å². The number of ether oxygens (including phenoxy) is 1. The Hall–Kier alpha value is -3.86. The number of nitrogens with one attached hydrogen (secondary N) is 2. The number of nitrogens with zero attached hydrogens (tertiary/aromatic N) is 1. The van der Waals surface area contributed by atoms with E-state index in [1.54, 1.807) is 6.20 Å². The zero-order valence-electron chi connectivity index (χ0n) is 16.3. The van der Waals surface area contributed by atoms with Gasteiger partial charge >= 0.3 is 6.09 Å². The lowest BCUT2D eigenvalue weighted by atomic mass is 9.98. The van der Waals surface area contributed by atoms with Gasteiger partial charge in [0, 0.05) is 30.2 Å². The number of alkyl carbamates (subject to hydrolysis) is 1. The fourth-order valence-corrected chi connectivity index (χ4v) is 4.11. The van der Waals surface area contributed by atoms with Gasteiger partial charge < -0.3 is 15.0 Å². The van der Waals surface area contributed by atoms with Gasteiger partial charge in [0.1, 0.15) is 12.3 Å². The number of pyridine rings is 1. The summed E-state index contributed by atoms with van der Waals surface area (Å²) in [5.41, 5.74) is 6.76. The Bertz CT molecular complexity index is 1200. The third-order valence-corrected chi connectivity index (χ3v) is 5.50. The van der Waals surface area contributed by atoms with Crippen LogP contribution in [0.3, 0.4) is 0 Å². The van der Waals surface area contributed by atoms with E-state index in [2.05, 4.69) is 39.6 Å². The number of amides is 1. The van der Waals surface area contributed by atoms with E-state index in [0.29, 0.717) is 13.2 Å². The maximum absolute atomic E-state index is 12.2. The van der Waals surface area contributed by atoms with Gasteiger partial charge in [-0.2, -0.15) is 0 Å². The van der Waals surface area contributed by atoms with Gasteiger partial charge in [0.25, 0.3) is 0 Å². The number of benzene rings is 2. The molecule has 5 nitrogen and oxygen atoms in total. The minimum absolute atomic E-state index is 0.0670. The van der Waals surface area contributed by atoms with Crippen molar-refractivity contribution in [1.82, 2.24) is 15.3 Å². The Labute approximate surface area is 174 Å².